The highest BCUT2D eigenvalue weighted by Crippen LogP contribution is 2.28. The molecule has 6 nitrogen and oxygen atoms in total. The predicted molar refractivity (Wildman–Crippen MR) is 65.6 cm³/mol. The number of carbonyl (C=O) groups excluding carboxylic acids is 1. The molecule has 0 unspecified atom stereocenters. The average Bonchev–Trinajstić information content (AvgIpc) is 2.93. The lowest BCUT2D eigenvalue weighted by Crippen LogP contribution is -2.12. The smallest absolute Gasteiger partial charge is 0.269 e. The second-order valence-electron chi connectivity index (χ2n) is 3.23. The fourth-order valence-electron chi connectivity index (χ4n) is 1.37. The summed E-state index contributed by atoms with van der Waals surface area (Å²) in [6, 6.07) is 6.95. The van der Waals surface area contributed by atoms with Crippen molar-refractivity contribution in [3.05, 3.63) is 34.8 Å². The van der Waals surface area contributed by atoms with E-state index in [0.29, 0.717) is 21.9 Å². The van der Waals surface area contributed by atoms with Crippen LogP contribution in [0.15, 0.2) is 24.4 Å². The van der Waals surface area contributed by atoms with Gasteiger partial charge in [0.05, 0.1) is 18.9 Å². The summed E-state index contributed by atoms with van der Waals surface area (Å²) in [7, 11) is 1.47. The Labute approximate surface area is 107 Å². The molecule has 7 heteroatoms. The van der Waals surface area contributed by atoms with Gasteiger partial charge in [-0.2, -0.15) is 5.26 Å². The number of ether oxygens (including phenoxy) is 1. The van der Waals surface area contributed by atoms with E-state index in [0.717, 1.165) is 11.5 Å². The number of aromatic nitrogens is 2. The van der Waals surface area contributed by atoms with E-state index in [9.17, 15) is 4.79 Å². The number of nitriles is 1. The van der Waals surface area contributed by atoms with Gasteiger partial charge >= 0.3 is 0 Å². The molecule has 1 aromatic heterocycles. The molecule has 1 heterocycles. The van der Waals surface area contributed by atoms with E-state index in [4.69, 9.17) is 10.00 Å². The summed E-state index contributed by atoms with van der Waals surface area (Å²) < 4.78 is 8.72. The summed E-state index contributed by atoms with van der Waals surface area (Å²) >= 11 is 0.980. The van der Waals surface area contributed by atoms with Gasteiger partial charge in [-0.25, -0.2) is 0 Å². The minimum atomic E-state index is -0.369. The van der Waals surface area contributed by atoms with E-state index in [1.54, 1.807) is 18.2 Å². The van der Waals surface area contributed by atoms with Crippen molar-refractivity contribution in [2.75, 3.05) is 12.4 Å². The number of hydrogen-bond acceptors (Lipinski definition) is 6. The first-order chi connectivity index (χ1) is 8.76. The van der Waals surface area contributed by atoms with Crippen molar-refractivity contribution in [1.82, 2.24) is 9.59 Å². The first-order valence-corrected chi connectivity index (χ1v) is 5.69. The summed E-state index contributed by atoms with van der Waals surface area (Å²) in [5.74, 6) is 0.0610. The number of methoxy groups -OCH3 is 1. The molecule has 0 bridgehead atoms. The van der Waals surface area contributed by atoms with Gasteiger partial charge in [0, 0.05) is 0 Å². The Morgan fingerprint density at radius 2 is 2.39 bits per heavy atom. The minimum absolute atomic E-state index is 0.333. The SMILES string of the molecule is COc1cccc(C#N)c1NC(=O)c1cnns1. The van der Waals surface area contributed by atoms with Crippen LogP contribution >= 0.6 is 11.5 Å². The number of anilines is 1. The van der Waals surface area contributed by atoms with E-state index in [1.165, 1.54) is 13.3 Å². The zero-order valence-corrected chi connectivity index (χ0v) is 10.2. The van der Waals surface area contributed by atoms with Crippen LogP contribution in [-0.2, 0) is 0 Å². The second kappa shape index (κ2) is 5.25. The number of carbonyl (C=O) groups is 1. The van der Waals surface area contributed by atoms with Gasteiger partial charge in [-0.3, -0.25) is 4.79 Å². The van der Waals surface area contributed by atoms with Gasteiger partial charge < -0.3 is 10.1 Å². The standard InChI is InChI=1S/C11H8N4O2S/c1-17-8-4-2-3-7(5-12)10(8)14-11(16)9-6-13-15-18-9/h2-4,6H,1H3,(H,14,16). The van der Waals surface area contributed by atoms with Gasteiger partial charge in [0.1, 0.15) is 22.4 Å². The van der Waals surface area contributed by atoms with Crippen LogP contribution in [0.25, 0.3) is 0 Å². The molecule has 1 amide bonds. The summed E-state index contributed by atoms with van der Waals surface area (Å²) in [6.45, 7) is 0. The maximum atomic E-state index is 11.9. The van der Waals surface area contributed by atoms with E-state index in [2.05, 4.69) is 14.9 Å². The van der Waals surface area contributed by atoms with Crippen molar-refractivity contribution < 1.29 is 9.53 Å². The third-order valence-corrected chi connectivity index (χ3v) is 2.85. The maximum Gasteiger partial charge on any atom is 0.269 e. The number of nitrogens with zero attached hydrogens (tertiary/aromatic N) is 3. The Morgan fingerprint density at radius 1 is 1.56 bits per heavy atom. The van der Waals surface area contributed by atoms with Crippen LogP contribution in [-0.4, -0.2) is 22.6 Å². The molecule has 0 radical (unpaired) electrons. The third kappa shape index (κ3) is 2.28. The number of nitrogens with one attached hydrogen (secondary N) is 1. The Bertz CT molecular complexity index is 604. The van der Waals surface area contributed by atoms with E-state index < -0.39 is 0 Å². The molecule has 0 aliphatic carbocycles. The highest BCUT2D eigenvalue weighted by atomic mass is 32.1. The third-order valence-electron chi connectivity index (χ3n) is 2.19. The zero-order valence-electron chi connectivity index (χ0n) is 9.38. The first kappa shape index (κ1) is 12.0. The molecular formula is C11H8N4O2S. The van der Waals surface area contributed by atoms with Gasteiger partial charge in [0.25, 0.3) is 5.91 Å². The summed E-state index contributed by atoms with van der Waals surface area (Å²) in [5.41, 5.74) is 0.682. The molecule has 0 fully saturated rings. The first-order valence-electron chi connectivity index (χ1n) is 4.92. The number of para-hydroxylation sites is 1. The highest BCUT2D eigenvalue weighted by molar-refractivity contribution is 7.07. The average molecular weight is 260 g/mol. The number of benzene rings is 1. The largest absolute Gasteiger partial charge is 0.495 e. The molecule has 1 aromatic carbocycles. The van der Waals surface area contributed by atoms with Crippen LogP contribution in [0, 0.1) is 11.3 Å². The predicted octanol–water partition coefficient (Wildman–Crippen LogP) is 1.67. The lowest BCUT2D eigenvalue weighted by atomic mass is 10.1. The van der Waals surface area contributed by atoms with Crippen LogP contribution in [0.2, 0.25) is 0 Å². The topological polar surface area (TPSA) is 87.9 Å². The molecule has 1 N–H and O–H groups in total. The van der Waals surface area contributed by atoms with Gasteiger partial charge in [-0.1, -0.05) is 10.6 Å². The normalized spacial score (nSPS) is 9.56. The Morgan fingerprint density at radius 3 is 3.00 bits per heavy atom. The quantitative estimate of drug-likeness (QED) is 0.906. The van der Waals surface area contributed by atoms with Crippen molar-refractivity contribution in [1.29, 1.82) is 5.26 Å². The van der Waals surface area contributed by atoms with Gasteiger partial charge in [0.15, 0.2) is 0 Å². The molecule has 18 heavy (non-hydrogen) atoms. The van der Waals surface area contributed by atoms with Crippen LogP contribution in [0.3, 0.4) is 0 Å². The Hall–Kier alpha value is -2.46. The highest BCUT2D eigenvalue weighted by Gasteiger charge is 2.14. The van der Waals surface area contributed by atoms with E-state index >= 15 is 0 Å². The maximum absolute atomic E-state index is 11.9. The van der Waals surface area contributed by atoms with Gasteiger partial charge in [0.2, 0.25) is 0 Å². The Balaban J connectivity index is 2.34. The number of hydrogen-bond donors (Lipinski definition) is 1. The van der Waals surface area contributed by atoms with Crippen molar-refractivity contribution in [2.24, 2.45) is 0 Å². The van der Waals surface area contributed by atoms with Crippen molar-refractivity contribution in [3.63, 3.8) is 0 Å². The molecule has 0 saturated carbocycles. The fourth-order valence-corrected chi connectivity index (χ4v) is 1.78. The fraction of sp³-hybridized carbons (Fsp3) is 0.0909. The molecule has 0 aliphatic heterocycles. The van der Waals surface area contributed by atoms with Crippen LogP contribution in [0.4, 0.5) is 5.69 Å². The van der Waals surface area contributed by atoms with Gasteiger partial charge in [-0.15, -0.1) is 5.10 Å². The molecule has 0 saturated heterocycles. The minimum Gasteiger partial charge on any atom is -0.495 e. The summed E-state index contributed by atoms with van der Waals surface area (Å²) in [6.07, 6.45) is 1.36. The molecule has 2 rings (SSSR count). The van der Waals surface area contributed by atoms with Crippen LogP contribution in [0.5, 0.6) is 5.75 Å². The summed E-state index contributed by atoms with van der Waals surface area (Å²) in [4.78, 5) is 12.2. The molecular weight excluding hydrogens is 252 g/mol. The van der Waals surface area contributed by atoms with Crippen LogP contribution < -0.4 is 10.1 Å². The Kier molecular flexibility index (Phi) is 3.50. The summed E-state index contributed by atoms with van der Waals surface area (Å²) in [5, 5.41) is 15.2. The van der Waals surface area contributed by atoms with E-state index in [-0.39, 0.29) is 5.91 Å². The number of amides is 1. The zero-order chi connectivity index (χ0) is 13.0. The lowest BCUT2D eigenvalue weighted by Gasteiger charge is -2.10. The van der Waals surface area contributed by atoms with Crippen LogP contribution in [0.1, 0.15) is 15.2 Å². The second-order valence-corrected chi connectivity index (χ2v) is 4.02. The molecule has 0 atom stereocenters. The van der Waals surface area contributed by atoms with Crippen molar-refractivity contribution >= 4 is 23.1 Å². The molecule has 2 aromatic rings. The van der Waals surface area contributed by atoms with E-state index in [1.807, 2.05) is 6.07 Å². The molecule has 0 aliphatic rings. The van der Waals surface area contributed by atoms with Crippen molar-refractivity contribution in [3.8, 4) is 11.8 Å². The molecule has 0 spiro atoms. The number of rotatable bonds is 3. The lowest BCUT2D eigenvalue weighted by molar-refractivity contribution is 0.103. The van der Waals surface area contributed by atoms with Crippen molar-refractivity contribution in [2.45, 2.75) is 0 Å². The molecule has 90 valence electrons. The monoisotopic (exact) mass is 260 g/mol. The van der Waals surface area contributed by atoms with Gasteiger partial charge in [-0.05, 0) is 23.7 Å².